The minimum absolute atomic E-state index is 0.00834. The molecule has 5 N–H and O–H groups in total. The van der Waals surface area contributed by atoms with Crippen LogP contribution in [-0.4, -0.2) is 48.9 Å². The minimum atomic E-state index is -4.71. The van der Waals surface area contributed by atoms with Crippen molar-refractivity contribution in [2.45, 2.75) is 58.5 Å². The fourth-order valence-corrected chi connectivity index (χ4v) is 3.56. The number of carboxylic acids is 1. The normalized spacial score (nSPS) is 13.2. The standard InChI is InChI=1S/C21H29N4O9P/c1-12(2)10-18-24-21(33-25-18)16(8-9-19(27)28)23-20(29)17(22-13(3)26)11-14-4-6-15(7-5-14)34-35(30,31)32/h4-7,12,16-17H,8-11H2,1-3H3,(H,22,26)(H,23,29)(H,27,28)(H2,30,31,32)/t16-,17-/m0/s1. The Kier molecular flexibility index (Phi) is 9.93. The van der Waals surface area contributed by atoms with Gasteiger partial charge in [-0.2, -0.15) is 4.98 Å². The Morgan fingerprint density at radius 3 is 2.31 bits per heavy atom. The number of phosphoric acid groups is 1. The van der Waals surface area contributed by atoms with Crippen LogP contribution in [0.15, 0.2) is 28.8 Å². The molecular formula is C21H29N4O9P. The molecule has 0 bridgehead atoms. The summed E-state index contributed by atoms with van der Waals surface area (Å²) in [5.74, 6) is -1.45. The maximum Gasteiger partial charge on any atom is 0.524 e. The van der Waals surface area contributed by atoms with Gasteiger partial charge in [0.2, 0.25) is 17.7 Å². The van der Waals surface area contributed by atoms with Crippen LogP contribution in [0.1, 0.15) is 56.9 Å². The van der Waals surface area contributed by atoms with Crippen molar-refractivity contribution in [2.75, 3.05) is 0 Å². The van der Waals surface area contributed by atoms with Crippen LogP contribution < -0.4 is 15.2 Å². The molecule has 0 aliphatic heterocycles. The number of benzene rings is 1. The molecule has 0 aliphatic carbocycles. The van der Waals surface area contributed by atoms with Crippen LogP contribution in [0.3, 0.4) is 0 Å². The van der Waals surface area contributed by atoms with Crippen LogP contribution in [0, 0.1) is 5.92 Å². The summed E-state index contributed by atoms with van der Waals surface area (Å²) in [5, 5.41) is 18.2. The maximum absolute atomic E-state index is 13.1. The fraction of sp³-hybridized carbons (Fsp3) is 0.476. The molecule has 0 saturated carbocycles. The van der Waals surface area contributed by atoms with Crippen LogP contribution in [0.2, 0.25) is 0 Å². The number of phosphoric ester groups is 1. The lowest BCUT2D eigenvalue weighted by Crippen LogP contribution is -2.48. The van der Waals surface area contributed by atoms with Crippen molar-refractivity contribution in [2.24, 2.45) is 5.92 Å². The lowest BCUT2D eigenvalue weighted by atomic mass is 10.0. The molecule has 2 atom stereocenters. The Bertz CT molecular complexity index is 1070. The molecule has 0 aliphatic rings. The third-order valence-corrected chi connectivity index (χ3v) is 5.07. The third-order valence-electron chi connectivity index (χ3n) is 4.62. The summed E-state index contributed by atoms with van der Waals surface area (Å²) in [4.78, 5) is 58.0. The van der Waals surface area contributed by atoms with Crippen molar-refractivity contribution in [1.82, 2.24) is 20.8 Å². The van der Waals surface area contributed by atoms with Gasteiger partial charge in [-0.05, 0) is 30.0 Å². The van der Waals surface area contributed by atoms with Gasteiger partial charge < -0.3 is 24.8 Å². The highest BCUT2D eigenvalue weighted by Crippen LogP contribution is 2.37. The Morgan fingerprint density at radius 1 is 1.11 bits per heavy atom. The van der Waals surface area contributed by atoms with E-state index in [0.29, 0.717) is 17.8 Å². The number of aromatic nitrogens is 2. The first kappa shape index (κ1) is 28.0. The lowest BCUT2D eigenvalue weighted by Gasteiger charge is -2.21. The second kappa shape index (κ2) is 12.4. The van der Waals surface area contributed by atoms with Crippen molar-refractivity contribution in [1.29, 1.82) is 0 Å². The minimum Gasteiger partial charge on any atom is -0.481 e. The van der Waals surface area contributed by atoms with E-state index >= 15 is 0 Å². The molecule has 1 heterocycles. The summed E-state index contributed by atoms with van der Waals surface area (Å²) in [7, 11) is -4.71. The average molecular weight is 512 g/mol. The molecule has 2 rings (SSSR count). The Balaban J connectivity index is 2.18. The molecule has 0 saturated heterocycles. The third kappa shape index (κ3) is 10.3. The van der Waals surface area contributed by atoms with Crippen molar-refractivity contribution in [3.05, 3.63) is 41.5 Å². The number of carbonyl (C=O) groups excluding carboxylic acids is 2. The number of rotatable bonds is 13. The summed E-state index contributed by atoms with van der Waals surface area (Å²) in [6.45, 7) is 5.20. The predicted molar refractivity (Wildman–Crippen MR) is 121 cm³/mol. The number of hydrogen-bond donors (Lipinski definition) is 5. The molecule has 0 radical (unpaired) electrons. The Morgan fingerprint density at radius 2 is 1.77 bits per heavy atom. The summed E-state index contributed by atoms with van der Waals surface area (Å²) in [6.07, 6.45) is 0.305. The largest absolute Gasteiger partial charge is 0.524 e. The van der Waals surface area contributed by atoms with Crippen molar-refractivity contribution in [3.63, 3.8) is 0 Å². The Hall–Kier alpha value is -3.28. The number of nitrogens with zero attached hydrogens (tertiary/aromatic N) is 2. The van der Waals surface area contributed by atoms with Gasteiger partial charge in [0, 0.05) is 26.2 Å². The summed E-state index contributed by atoms with van der Waals surface area (Å²) in [5.41, 5.74) is 0.566. The smallest absolute Gasteiger partial charge is 0.481 e. The quantitative estimate of drug-likeness (QED) is 0.244. The van der Waals surface area contributed by atoms with E-state index in [-0.39, 0.29) is 36.8 Å². The van der Waals surface area contributed by atoms with Crippen LogP contribution in [-0.2, 0) is 31.8 Å². The molecule has 0 fully saturated rings. The fourth-order valence-electron chi connectivity index (χ4n) is 3.17. The van der Waals surface area contributed by atoms with E-state index in [4.69, 9.17) is 19.4 Å². The summed E-state index contributed by atoms with van der Waals surface area (Å²) >= 11 is 0. The van der Waals surface area contributed by atoms with Crippen LogP contribution in [0.4, 0.5) is 0 Å². The van der Waals surface area contributed by atoms with Gasteiger partial charge in [-0.1, -0.05) is 31.1 Å². The average Bonchev–Trinajstić information content (AvgIpc) is 3.17. The van der Waals surface area contributed by atoms with E-state index in [1.54, 1.807) is 0 Å². The van der Waals surface area contributed by atoms with Gasteiger partial charge in [0.05, 0.1) is 0 Å². The van der Waals surface area contributed by atoms with E-state index < -0.39 is 37.7 Å². The second-order valence-corrected chi connectivity index (χ2v) is 9.49. The van der Waals surface area contributed by atoms with E-state index in [0.717, 1.165) is 0 Å². The zero-order valence-electron chi connectivity index (χ0n) is 19.5. The Labute approximate surface area is 201 Å². The molecule has 0 spiro atoms. The molecule has 2 amide bonds. The number of hydrogen-bond acceptors (Lipinski definition) is 8. The van der Waals surface area contributed by atoms with Gasteiger partial charge in [0.15, 0.2) is 5.82 Å². The number of carbonyl (C=O) groups is 3. The van der Waals surface area contributed by atoms with Crippen molar-refractivity contribution in [3.8, 4) is 5.75 Å². The molecule has 1 aromatic carbocycles. The molecule has 0 unspecified atom stereocenters. The molecule has 13 nitrogen and oxygen atoms in total. The van der Waals surface area contributed by atoms with Gasteiger partial charge >= 0.3 is 13.8 Å². The van der Waals surface area contributed by atoms with Crippen LogP contribution >= 0.6 is 7.82 Å². The number of nitrogens with one attached hydrogen (secondary N) is 2. The maximum atomic E-state index is 13.1. The lowest BCUT2D eigenvalue weighted by molar-refractivity contribution is -0.137. The first-order chi connectivity index (χ1) is 16.3. The zero-order chi connectivity index (χ0) is 26.2. The monoisotopic (exact) mass is 512 g/mol. The first-order valence-corrected chi connectivity index (χ1v) is 12.3. The topological polar surface area (TPSA) is 201 Å². The predicted octanol–water partition coefficient (Wildman–Crippen LogP) is 1.51. The highest BCUT2D eigenvalue weighted by molar-refractivity contribution is 7.46. The first-order valence-electron chi connectivity index (χ1n) is 10.8. The number of amides is 2. The van der Waals surface area contributed by atoms with Gasteiger partial charge in [0.1, 0.15) is 17.8 Å². The number of carboxylic acid groups (broad SMARTS) is 1. The van der Waals surface area contributed by atoms with Crippen LogP contribution in [0.25, 0.3) is 0 Å². The molecule has 2 aromatic rings. The summed E-state index contributed by atoms with van der Waals surface area (Å²) < 4.78 is 20.7. The van der Waals surface area contributed by atoms with Gasteiger partial charge in [-0.3, -0.25) is 24.2 Å². The molecule has 1 aromatic heterocycles. The number of aliphatic carboxylic acids is 1. The van der Waals surface area contributed by atoms with Crippen molar-refractivity contribution >= 4 is 25.6 Å². The van der Waals surface area contributed by atoms with E-state index in [1.807, 2.05) is 13.8 Å². The van der Waals surface area contributed by atoms with Crippen LogP contribution in [0.5, 0.6) is 5.75 Å². The highest BCUT2D eigenvalue weighted by Gasteiger charge is 2.27. The van der Waals surface area contributed by atoms with E-state index in [9.17, 15) is 18.9 Å². The molecule has 192 valence electrons. The van der Waals surface area contributed by atoms with E-state index in [2.05, 4.69) is 25.3 Å². The van der Waals surface area contributed by atoms with E-state index in [1.165, 1.54) is 31.2 Å². The second-order valence-electron chi connectivity index (χ2n) is 8.32. The van der Waals surface area contributed by atoms with Gasteiger partial charge in [0.25, 0.3) is 0 Å². The van der Waals surface area contributed by atoms with Gasteiger partial charge in [-0.25, -0.2) is 4.57 Å². The molecule has 14 heteroatoms. The van der Waals surface area contributed by atoms with Crippen molar-refractivity contribution < 1.29 is 42.9 Å². The zero-order valence-corrected chi connectivity index (χ0v) is 20.4. The SMILES string of the molecule is CC(=O)N[C@@H](Cc1ccc(OP(=O)(O)O)cc1)C(=O)N[C@@H](CCC(=O)O)c1nc(CC(C)C)no1. The van der Waals surface area contributed by atoms with Gasteiger partial charge in [-0.15, -0.1) is 0 Å². The summed E-state index contributed by atoms with van der Waals surface area (Å²) in [6, 6.07) is 3.70. The highest BCUT2D eigenvalue weighted by atomic mass is 31.2. The molecular weight excluding hydrogens is 483 g/mol. The molecule has 35 heavy (non-hydrogen) atoms.